The summed E-state index contributed by atoms with van der Waals surface area (Å²) in [5.41, 5.74) is 8.01. The summed E-state index contributed by atoms with van der Waals surface area (Å²) in [7, 11) is 0. The van der Waals surface area contributed by atoms with Gasteiger partial charge in [-0.1, -0.05) is 42.5 Å². The predicted molar refractivity (Wildman–Crippen MR) is 93.5 cm³/mol. The molecule has 25 heavy (non-hydrogen) atoms. The number of hydrogen-bond acceptors (Lipinski definition) is 5. The maximum Gasteiger partial charge on any atom is 0.269 e. The van der Waals surface area contributed by atoms with Crippen LogP contribution in [0, 0.1) is 16.0 Å². The molecule has 1 aliphatic heterocycles. The summed E-state index contributed by atoms with van der Waals surface area (Å²) in [5.74, 6) is -0.357. The molecule has 0 bridgehead atoms. The van der Waals surface area contributed by atoms with Crippen molar-refractivity contribution in [3.05, 3.63) is 75.8 Å². The van der Waals surface area contributed by atoms with Crippen LogP contribution in [0.15, 0.2) is 54.6 Å². The molecule has 1 amide bonds. The Morgan fingerprint density at radius 1 is 1.20 bits per heavy atom. The number of hydrogen-bond donors (Lipinski definition) is 3. The molecule has 0 aromatic heterocycles. The van der Waals surface area contributed by atoms with Crippen molar-refractivity contribution in [1.82, 2.24) is 16.2 Å². The second kappa shape index (κ2) is 7.42. The highest BCUT2D eigenvalue weighted by atomic mass is 16.6. The van der Waals surface area contributed by atoms with E-state index in [1.807, 2.05) is 37.3 Å². The van der Waals surface area contributed by atoms with Crippen LogP contribution in [-0.4, -0.2) is 17.4 Å². The van der Waals surface area contributed by atoms with E-state index >= 15 is 0 Å². The first kappa shape index (κ1) is 17.1. The van der Waals surface area contributed by atoms with Gasteiger partial charge in [0.15, 0.2) is 0 Å². The number of amides is 1. The van der Waals surface area contributed by atoms with Crippen molar-refractivity contribution in [3.63, 3.8) is 0 Å². The molecule has 0 radical (unpaired) electrons. The number of rotatable bonds is 5. The lowest BCUT2D eigenvalue weighted by Crippen LogP contribution is -2.36. The minimum atomic E-state index is -0.435. The molecule has 3 atom stereocenters. The zero-order valence-corrected chi connectivity index (χ0v) is 13.8. The zero-order valence-electron chi connectivity index (χ0n) is 13.8. The van der Waals surface area contributed by atoms with Crippen molar-refractivity contribution in [2.75, 3.05) is 6.54 Å². The van der Waals surface area contributed by atoms with Crippen molar-refractivity contribution < 1.29 is 9.72 Å². The predicted octanol–water partition coefficient (Wildman–Crippen LogP) is 2.24. The van der Waals surface area contributed by atoms with Gasteiger partial charge in [-0.25, -0.2) is 5.43 Å². The van der Waals surface area contributed by atoms with Crippen molar-refractivity contribution in [2.24, 2.45) is 5.92 Å². The number of nitrogens with zero attached hydrogens (tertiary/aromatic N) is 1. The summed E-state index contributed by atoms with van der Waals surface area (Å²) >= 11 is 0. The average molecular weight is 340 g/mol. The molecule has 0 spiro atoms. The first-order chi connectivity index (χ1) is 12.1. The number of nitrogens with one attached hydrogen (secondary N) is 3. The second-order valence-corrected chi connectivity index (χ2v) is 6.10. The Morgan fingerprint density at radius 3 is 2.52 bits per heavy atom. The van der Waals surface area contributed by atoms with Crippen LogP contribution in [-0.2, 0) is 4.79 Å². The van der Waals surface area contributed by atoms with Crippen LogP contribution >= 0.6 is 0 Å². The van der Waals surface area contributed by atoms with E-state index in [1.165, 1.54) is 12.1 Å². The zero-order chi connectivity index (χ0) is 17.8. The number of benzene rings is 2. The minimum Gasteiger partial charge on any atom is -0.349 e. The van der Waals surface area contributed by atoms with Crippen LogP contribution in [0.1, 0.15) is 30.1 Å². The van der Waals surface area contributed by atoms with Crippen LogP contribution in [0.5, 0.6) is 0 Å². The summed E-state index contributed by atoms with van der Waals surface area (Å²) in [5, 5.41) is 13.8. The minimum absolute atomic E-state index is 0.0356. The Labute approximate surface area is 145 Å². The topological polar surface area (TPSA) is 96.3 Å². The van der Waals surface area contributed by atoms with E-state index in [0.29, 0.717) is 6.54 Å². The molecule has 1 heterocycles. The summed E-state index contributed by atoms with van der Waals surface area (Å²) in [6, 6.07) is 15.7. The molecule has 7 heteroatoms. The molecule has 3 unspecified atom stereocenters. The molecule has 0 aliphatic carbocycles. The van der Waals surface area contributed by atoms with Crippen molar-refractivity contribution in [2.45, 2.75) is 19.0 Å². The lowest BCUT2D eigenvalue weighted by molar-refractivity contribution is -0.384. The van der Waals surface area contributed by atoms with Gasteiger partial charge in [0.1, 0.15) is 0 Å². The number of carbonyl (C=O) groups excluding carboxylic acids is 1. The number of nitro groups is 1. The fourth-order valence-corrected chi connectivity index (χ4v) is 3.01. The van der Waals surface area contributed by atoms with E-state index in [2.05, 4.69) is 16.2 Å². The maximum absolute atomic E-state index is 12.7. The van der Waals surface area contributed by atoms with Gasteiger partial charge < -0.3 is 5.32 Å². The van der Waals surface area contributed by atoms with Crippen LogP contribution < -0.4 is 16.2 Å². The molecular formula is C18H20N4O3. The van der Waals surface area contributed by atoms with E-state index in [-0.39, 0.29) is 29.6 Å². The summed E-state index contributed by atoms with van der Waals surface area (Å²) in [4.78, 5) is 23.0. The van der Waals surface area contributed by atoms with E-state index in [4.69, 9.17) is 0 Å². The maximum atomic E-state index is 12.7. The molecule has 0 saturated carbocycles. The summed E-state index contributed by atoms with van der Waals surface area (Å²) < 4.78 is 0. The van der Waals surface area contributed by atoms with Crippen LogP contribution in [0.4, 0.5) is 5.69 Å². The van der Waals surface area contributed by atoms with Crippen LogP contribution in [0.25, 0.3) is 0 Å². The first-order valence-corrected chi connectivity index (χ1v) is 8.14. The summed E-state index contributed by atoms with van der Waals surface area (Å²) in [6.07, 6.45) is 0. The van der Waals surface area contributed by atoms with Crippen molar-refractivity contribution >= 4 is 11.6 Å². The first-order valence-electron chi connectivity index (χ1n) is 8.14. The molecule has 1 aliphatic rings. The normalized spacial score (nSPS) is 20.8. The van der Waals surface area contributed by atoms with Gasteiger partial charge in [0.25, 0.3) is 5.69 Å². The van der Waals surface area contributed by atoms with Crippen LogP contribution in [0.3, 0.4) is 0 Å². The third kappa shape index (κ3) is 3.84. The van der Waals surface area contributed by atoms with Crippen LogP contribution in [0.2, 0.25) is 0 Å². The Balaban J connectivity index is 1.70. The Morgan fingerprint density at radius 2 is 1.88 bits per heavy atom. The monoisotopic (exact) mass is 340 g/mol. The highest BCUT2D eigenvalue weighted by Gasteiger charge is 2.34. The van der Waals surface area contributed by atoms with Gasteiger partial charge in [-0.15, -0.1) is 0 Å². The largest absolute Gasteiger partial charge is 0.349 e. The molecule has 1 saturated heterocycles. The van der Waals surface area contributed by atoms with Gasteiger partial charge in [-0.05, 0) is 18.1 Å². The average Bonchev–Trinajstić information content (AvgIpc) is 3.12. The number of non-ortho nitro benzene ring substituents is 1. The van der Waals surface area contributed by atoms with E-state index < -0.39 is 4.92 Å². The highest BCUT2D eigenvalue weighted by molar-refractivity contribution is 5.80. The van der Waals surface area contributed by atoms with E-state index in [1.54, 1.807) is 12.1 Å². The quantitative estimate of drug-likeness (QED) is 0.573. The molecule has 2 aromatic rings. The lowest BCUT2D eigenvalue weighted by Gasteiger charge is -2.21. The van der Waals surface area contributed by atoms with E-state index in [9.17, 15) is 14.9 Å². The van der Waals surface area contributed by atoms with Gasteiger partial charge >= 0.3 is 0 Å². The van der Waals surface area contributed by atoms with Gasteiger partial charge in [-0.2, -0.15) is 0 Å². The molecule has 2 aromatic carbocycles. The van der Waals surface area contributed by atoms with Crippen molar-refractivity contribution in [1.29, 1.82) is 0 Å². The molecular weight excluding hydrogens is 320 g/mol. The third-order valence-electron chi connectivity index (χ3n) is 4.44. The van der Waals surface area contributed by atoms with Gasteiger partial charge in [0.05, 0.1) is 22.9 Å². The fraction of sp³-hybridized carbons (Fsp3) is 0.278. The van der Waals surface area contributed by atoms with Crippen molar-refractivity contribution in [3.8, 4) is 0 Å². The molecule has 3 N–H and O–H groups in total. The van der Waals surface area contributed by atoms with Gasteiger partial charge in [0, 0.05) is 18.7 Å². The fourth-order valence-electron chi connectivity index (χ4n) is 3.01. The van der Waals surface area contributed by atoms with Gasteiger partial charge in [0.2, 0.25) is 5.91 Å². The lowest BCUT2D eigenvalue weighted by atomic mass is 9.93. The molecule has 7 nitrogen and oxygen atoms in total. The smallest absolute Gasteiger partial charge is 0.269 e. The second-order valence-electron chi connectivity index (χ2n) is 6.10. The standard InChI is InChI=1S/C18H20N4O3/c1-12(13-5-3-2-4-6-13)20-18(23)16-11-19-21-17(16)14-7-9-15(10-8-14)22(24)25/h2-10,12,16-17,19,21H,11H2,1H3,(H,20,23). The summed E-state index contributed by atoms with van der Waals surface area (Å²) in [6.45, 7) is 2.44. The Bertz CT molecular complexity index is 749. The number of nitro benzene ring substituents is 1. The third-order valence-corrected chi connectivity index (χ3v) is 4.44. The number of hydrazine groups is 1. The molecule has 130 valence electrons. The highest BCUT2D eigenvalue weighted by Crippen LogP contribution is 2.27. The SMILES string of the molecule is CC(NC(=O)C1CNNC1c1ccc([N+](=O)[O-])cc1)c1ccccc1. The van der Waals surface area contributed by atoms with E-state index in [0.717, 1.165) is 11.1 Å². The van der Waals surface area contributed by atoms with Gasteiger partial charge in [-0.3, -0.25) is 20.3 Å². The Hall–Kier alpha value is -2.77. The molecule has 1 fully saturated rings. The Kier molecular flexibility index (Phi) is 5.06. The number of carbonyl (C=O) groups is 1. The molecule has 3 rings (SSSR count).